The molecular formula is C25H30F3N3O5S. The van der Waals surface area contributed by atoms with E-state index in [4.69, 9.17) is 15.2 Å². The molecule has 2 aromatic rings. The summed E-state index contributed by atoms with van der Waals surface area (Å²) in [5, 5.41) is 0. The normalized spacial score (nSPS) is 19.4. The summed E-state index contributed by atoms with van der Waals surface area (Å²) in [6.45, 7) is 5.63. The smallest absolute Gasteiger partial charge is 0.416 e. The lowest BCUT2D eigenvalue weighted by Crippen LogP contribution is -2.57. The molecule has 0 aliphatic carbocycles. The van der Waals surface area contributed by atoms with E-state index in [0.717, 1.165) is 38.3 Å². The van der Waals surface area contributed by atoms with Crippen LogP contribution in [0.1, 0.15) is 18.4 Å². The number of likely N-dealkylation sites (tertiary alicyclic amines) is 1. The monoisotopic (exact) mass is 541 g/mol. The third kappa shape index (κ3) is 6.08. The Balaban J connectivity index is 1.41. The molecule has 37 heavy (non-hydrogen) atoms. The number of nitrogens with zero attached hydrogens (tertiary/aromatic N) is 2. The van der Waals surface area contributed by atoms with Crippen molar-refractivity contribution in [3.05, 3.63) is 54.1 Å². The lowest BCUT2D eigenvalue weighted by atomic mass is 9.95. The summed E-state index contributed by atoms with van der Waals surface area (Å²) >= 11 is 0. The Hall–Kier alpha value is -2.67. The first-order chi connectivity index (χ1) is 17.5. The van der Waals surface area contributed by atoms with Gasteiger partial charge in [-0.2, -0.15) is 13.2 Å². The molecule has 0 radical (unpaired) electrons. The Kier molecular flexibility index (Phi) is 8.12. The van der Waals surface area contributed by atoms with Crippen molar-refractivity contribution >= 4 is 15.7 Å². The van der Waals surface area contributed by atoms with Crippen molar-refractivity contribution < 1.29 is 35.9 Å². The van der Waals surface area contributed by atoms with E-state index in [1.165, 1.54) is 36.4 Å². The number of amides is 1. The van der Waals surface area contributed by atoms with Crippen LogP contribution in [0.15, 0.2) is 53.4 Å². The summed E-state index contributed by atoms with van der Waals surface area (Å²) in [6, 6.07) is 9.61. The molecule has 2 aliphatic heterocycles. The third-order valence-corrected chi connectivity index (χ3v) is 9.55. The molecule has 2 heterocycles. The van der Waals surface area contributed by atoms with Gasteiger partial charge in [0.25, 0.3) is 0 Å². The van der Waals surface area contributed by atoms with E-state index in [9.17, 15) is 26.4 Å². The molecule has 0 saturated carbocycles. The molecule has 0 spiro atoms. The molecule has 202 valence electrons. The maximum Gasteiger partial charge on any atom is 0.416 e. The molecule has 0 atom stereocenters. The fourth-order valence-corrected chi connectivity index (χ4v) is 6.58. The van der Waals surface area contributed by atoms with E-state index in [2.05, 4.69) is 9.80 Å². The predicted molar refractivity (Wildman–Crippen MR) is 130 cm³/mol. The number of carbonyl (C=O) groups excluding carboxylic acids is 1. The van der Waals surface area contributed by atoms with Crippen LogP contribution < -0.4 is 10.5 Å². The number of rotatable bonds is 8. The van der Waals surface area contributed by atoms with E-state index < -0.39 is 32.2 Å². The number of primary amides is 1. The van der Waals surface area contributed by atoms with Crippen LogP contribution in [-0.4, -0.2) is 81.4 Å². The number of nitrogens with two attached hydrogens (primary N) is 1. The summed E-state index contributed by atoms with van der Waals surface area (Å²) in [5.74, 6) is -0.461. The summed E-state index contributed by atoms with van der Waals surface area (Å²) in [4.78, 5) is 16.9. The minimum atomic E-state index is -4.45. The van der Waals surface area contributed by atoms with Gasteiger partial charge in [-0.1, -0.05) is 0 Å². The number of benzene rings is 2. The van der Waals surface area contributed by atoms with E-state index >= 15 is 0 Å². The number of hydrogen-bond donors (Lipinski definition) is 1. The van der Waals surface area contributed by atoms with Gasteiger partial charge in [-0.15, -0.1) is 0 Å². The quantitative estimate of drug-likeness (QED) is 0.548. The van der Waals surface area contributed by atoms with Crippen molar-refractivity contribution in [3.8, 4) is 11.5 Å². The number of sulfone groups is 1. The Morgan fingerprint density at radius 1 is 0.892 bits per heavy atom. The maximum absolute atomic E-state index is 13.6. The molecule has 0 bridgehead atoms. The lowest BCUT2D eigenvalue weighted by molar-refractivity contribution is -0.137. The predicted octanol–water partition coefficient (Wildman–Crippen LogP) is 2.92. The second kappa shape index (κ2) is 11.0. The number of alkyl halides is 3. The number of morpholine rings is 1. The first-order valence-electron chi connectivity index (χ1n) is 12.0. The molecule has 2 N–H and O–H groups in total. The number of carbonyl (C=O) groups is 1. The average Bonchev–Trinajstić information content (AvgIpc) is 2.88. The summed E-state index contributed by atoms with van der Waals surface area (Å²) in [6.07, 6.45) is -4.26. The van der Waals surface area contributed by atoms with Crippen molar-refractivity contribution in [2.24, 2.45) is 5.73 Å². The summed E-state index contributed by atoms with van der Waals surface area (Å²) < 4.78 is 74.6. The second-order valence-corrected chi connectivity index (χ2v) is 11.5. The lowest BCUT2D eigenvalue weighted by Gasteiger charge is -2.39. The van der Waals surface area contributed by atoms with Crippen LogP contribution in [0.4, 0.5) is 13.2 Å². The second-order valence-electron chi connectivity index (χ2n) is 9.25. The van der Waals surface area contributed by atoms with E-state index in [1.807, 2.05) is 0 Å². The molecule has 2 fully saturated rings. The van der Waals surface area contributed by atoms with Gasteiger partial charge in [-0.05, 0) is 61.4 Å². The van der Waals surface area contributed by atoms with Crippen LogP contribution in [0.3, 0.4) is 0 Å². The molecule has 12 heteroatoms. The summed E-state index contributed by atoms with van der Waals surface area (Å²) in [7, 11) is -4.10. The van der Waals surface area contributed by atoms with Gasteiger partial charge < -0.3 is 20.1 Å². The fraction of sp³-hybridized carbons (Fsp3) is 0.480. The Morgan fingerprint density at radius 2 is 1.38 bits per heavy atom. The van der Waals surface area contributed by atoms with Gasteiger partial charge in [0.05, 0.1) is 23.7 Å². The van der Waals surface area contributed by atoms with Crippen molar-refractivity contribution in [1.82, 2.24) is 9.80 Å². The van der Waals surface area contributed by atoms with Crippen LogP contribution in [0.5, 0.6) is 11.5 Å². The number of halogens is 3. The van der Waals surface area contributed by atoms with Gasteiger partial charge in [0.2, 0.25) is 5.91 Å². The van der Waals surface area contributed by atoms with Gasteiger partial charge in [0.15, 0.2) is 14.6 Å². The van der Waals surface area contributed by atoms with Crippen LogP contribution in [0.25, 0.3) is 0 Å². The van der Waals surface area contributed by atoms with E-state index in [-0.39, 0.29) is 29.2 Å². The van der Waals surface area contributed by atoms with Gasteiger partial charge in [-0.25, -0.2) is 8.42 Å². The SMILES string of the molecule is NC(=O)C1(S(=O)(=O)c2ccc(Oc3ccc(C(F)(F)F)cc3)cc2)CCN(CCN2CCOCC2)CC1. The molecule has 0 unspecified atom stereocenters. The Labute approximate surface area is 214 Å². The molecule has 2 aliphatic rings. The minimum Gasteiger partial charge on any atom is -0.457 e. The number of piperidine rings is 1. The van der Waals surface area contributed by atoms with Crippen molar-refractivity contribution in [2.75, 3.05) is 52.5 Å². The van der Waals surface area contributed by atoms with Crippen LogP contribution in [0, 0.1) is 0 Å². The maximum atomic E-state index is 13.6. The summed E-state index contributed by atoms with van der Waals surface area (Å²) in [5.41, 5.74) is 4.87. The minimum absolute atomic E-state index is 0.0622. The highest BCUT2D eigenvalue weighted by molar-refractivity contribution is 7.93. The van der Waals surface area contributed by atoms with E-state index in [0.29, 0.717) is 26.3 Å². The molecule has 2 saturated heterocycles. The highest BCUT2D eigenvalue weighted by Gasteiger charge is 2.51. The fourth-order valence-electron chi connectivity index (χ4n) is 4.65. The van der Waals surface area contributed by atoms with Crippen molar-refractivity contribution in [2.45, 2.75) is 28.7 Å². The van der Waals surface area contributed by atoms with Gasteiger partial charge in [0, 0.05) is 39.3 Å². The van der Waals surface area contributed by atoms with Crippen molar-refractivity contribution in [3.63, 3.8) is 0 Å². The molecule has 0 aromatic heterocycles. The highest BCUT2D eigenvalue weighted by Crippen LogP contribution is 2.37. The van der Waals surface area contributed by atoms with Crippen LogP contribution in [0.2, 0.25) is 0 Å². The molecular weight excluding hydrogens is 511 g/mol. The van der Waals surface area contributed by atoms with Gasteiger partial charge in [0.1, 0.15) is 11.5 Å². The van der Waals surface area contributed by atoms with Crippen molar-refractivity contribution in [1.29, 1.82) is 0 Å². The molecule has 2 aromatic carbocycles. The zero-order valence-electron chi connectivity index (χ0n) is 20.2. The third-order valence-electron chi connectivity index (χ3n) is 7.01. The van der Waals surface area contributed by atoms with Crippen LogP contribution in [-0.2, 0) is 25.5 Å². The zero-order valence-corrected chi connectivity index (χ0v) is 21.1. The van der Waals surface area contributed by atoms with Crippen LogP contribution >= 0.6 is 0 Å². The first kappa shape index (κ1) is 27.4. The zero-order chi connectivity index (χ0) is 26.7. The van der Waals surface area contributed by atoms with Gasteiger partial charge in [-0.3, -0.25) is 9.69 Å². The first-order valence-corrected chi connectivity index (χ1v) is 13.5. The van der Waals surface area contributed by atoms with Gasteiger partial charge >= 0.3 is 6.18 Å². The molecule has 8 nitrogen and oxygen atoms in total. The number of ether oxygens (including phenoxy) is 2. The Bertz CT molecular complexity index is 1170. The molecule has 1 amide bonds. The Morgan fingerprint density at radius 3 is 1.86 bits per heavy atom. The van der Waals surface area contributed by atoms with E-state index in [1.54, 1.807) is 0 Å². The largest absolute Gasteiger partial charge is 0.457 e. The topological polar surface area (TPSA) is 102 Å². The molecule has 4 rings (SSSR count). The average molecular weight is 542 g/mol. The number of hydrogen-bond acceptors (Lipinski definition) is 7. The highest BCUT2D eigenvalue weighted by atomic mass is 32.2. The standard InChI is InChI=1S/C25H30F3N3O5S/c26-25(27,28)19-1-3-20(4-2-19)36-21-5-7-22(8-6-21)37(33,34)24(23(29)32)9-11-30(12-10-24)13-14-31-15-17-35-18-16-31/h1-8H,9-18H2,(H2,29,32).